The maximum atomic E-state index is 13.5. The molecule has 0 aliphatic carbocycles. The molecule has 202 valence electrons. The van der Waals surface area contributed by atoms with E-state index in [9.17, 15) is 26.4 Å². The SMILES string of the molecule is CC(C)CC1NC2(CCN(S(=O)(=O)c3cccc(Cl)c3Cl)CC2)N(Cc2cccc(C(F)(F)F)c2)C1=O. The minimum absolute atomic E-state index is 0.0166. The number of rotatable bonds is 6. The molecule has 1 spiro atoms. The molecule has 2 aromatic carbocycles. The molecule has 1 amide bonds. The van der Waals surface area contributed by atoms with Crippen LogP contribution in [0.15, 0.2) is 47.4 Å². The highest BCUT2D eigenvalue weighted by Crippen LogP contribution is 2.39. The average Bonchev–Trinajstić information content (AvgIpc) is 3.05. The Balaban J connectivity index is 1.61. The van der Waals surface area contributed by atoms with Crippen molar-refractivity contribution >= 4 is 39.1 Å². The molecule has 2 aromatic rings. The molecule has 4 rings (SSSR count). The average molecular weight is 578 g/mol. The zero-order valence-corrected chi connectivity index (χ0v) is 22.7. The summed E-state index contributed by atoms with van der Waals surface area (Å²) in [5.41, 5.74) is -1.30. The van der Waals surface area contributed by atoms with Crippen molar-refractivity contribution in [3.63, 3.8) is 0 Å². The summed E-state index contributed by atoms with van der Waals surface area (Å²) in [7, 11) is -3.95. The van der Waals surface area contributed by atoms with E-state index in [1.165, 1.54) is 28.6 Å². The third-order valence-corrected chi connectivity index (χ3v) is 9.78. The van der Waals surface area contributed by atoms with Gasteiger partial charge in [-0.1, -0.05) is 55.2 Å². The van der Waals surface area contributed by atoms with Crippen molar-refractivity contribution in [1.82, 2.24) is 14.5 Å². The Morgan fingerprint density at radius 3 is 2.38 bits per heavy atom. The van der Waals surface area contributed by atoms with Crippen LogP contribution in [0.4, 0.5) is 13.2 Å². The highest BCUT2D eigenvalue weighted by molar-refractivity contribution is 7.89. The van der Waals surface area contributed by atoms with E-state index < -0.39 is 33.5 Å². The zero-order valence-electron chi connectivity index (χ0n) is 20.4. The molecule has 2 heterocycles. The van der Waals surface area contributed by atoms with Crippen LogP contribution < -0.4 is 5.32 Å². The molecule has 2 aliphatic rings. The third-order valence-electron chi connectivity index (χ3n) is 6.91. The van der Waals surface area contributed by atoms with Crippen LogP contribution in [0.2, 0.25) is 10.0 Å². The predicted octanol–water partition coefficient (Wildman–Crippen LogP) is 5.54. The lowest BCUT2D eigenvalue weighted by Crippen LogP contribution is -2.59. The van der Waals surface area contributed by atoms with Crippen LogP contribution >= 0.6 is 23.2 Å². The standard InChI is InChI=1S/C25H28Cl2F3N3O3S/c1-16(2)13-20-23(34)33(15-17-5-3-6-18(14-17)25(28,29)30)24(31-20)9-11-32(12-10-24)37(35,36)21-8-4-7-19(26)22(21)27/h3-8,14,16,20,31H,9-13,15H2,1-2H3. The Labute approximate surface area is 224 Å². The number of nitrogens with one attached hydrogen (secondary N) is 1. The minimum atomic E-state index is -4.50. The Morgan fingerprint density at radius 2 is 1.76 bits per heavy atom. The van der Waals surface area contributed by atoms with Crippen molar-refractivity contribution in [3.8, 4) is 0 Å². The fraction of sp³-hybridized carbons (Fsp3) is 0.480. The second-order valence-electron chi connectivity index (χ2n) is 9.94. The number of piperidine rings is 1. The number of carbonyl (C=O) groups excluding carboxylic acids is 1. The van der Waals surface area contributed by atoms with Crippen molar-refractivity contribution in [2.75, 3.05) is 13.1 Å². The van der Waals surface area contributed by atoms with Gasteiger partial charge in [0, 0.05) is 19.6 Å². The first-order valence-electron chi connectivity index (χ1n) is 11.9. The van der Waals surface area contributed by atoms with Crippen LogP contribution in [0.1, 0.15) is 44.2 Å². The lowest BCUT2D eigenvalue weighted by molar-refractivity contribution is -0.137. The minimum Gasteiger partial charge on any atom is -0.319 e. The van der Waals surface area contributed by atoms with Gasteiger partial charge in [-0.25, -0.2) is 8.42 Å². The first-order chi connectivity index (χ1) is 17.2. The Kier molecular flexibility index (Phi) is 7.90. The molecular formula is C25H28Cl2F3N3O3S. The van der Waals surface area contributed by atoms with Gasteiger partial charge in [0.15, 0.2) is 0 Å². The smallest absolute Gasteiger partial charge is 0.319 e. The van der Waals surface area contributed by atoms with Crippen LogP contribution in [0.25, 0.3) is 0 Å². The van der Waals surface area contributed by atoms with Gasteiger partial charge in [-0.05, 0) is 55.0 Å². The molecule has 6 nitrogen and oxygen atoms in total. The summed E-state index contributed by atoms with van der Waals surface area (Å²) in [4.78, 5) is 15.0. The molecule has 0 bridgehead atoms. The number of benzene rings is 2. The Bertz CT molecular complexity index is 1280. The largest absolute Gasteiger partial charge is 0.416 e. The molecule has 2 fully saturated rings. The van der Waals surface area contributed by atoms with Gasteiger partial charge in [0.1, 0.15) is 4.90 Å². The van der Waals surface area contributed by atoms with Crippen LogP contribution in [0.3, 0.4) is 0 Å². The van der Waals surface area contributed by atoms with Gasteiger partial charge in [-0.15, -0.1) is 0 Å². The summed E-state index contributed by atoms with van der Waals surface area (Å²) in [6, 6.07) is 8.84. The van der Waals surface area contributed by atoms with Gasteiger partial charge in [0.05, 0.1) is 27.3 Å². The predicted molar refractivity (Wildman–Crippen MR) is 136 cm³/mol. The summed E-state index contributed by atoms with van der Waals surface area (Å²) in [6.45, 7) is 4.15. The van der Waals surface area contributed by atoms with Gasteiger partial charge >= 0.3 is 6.18 Å². The number of hydrogen-bond acceptors (Lipinski definition) is 4. The van der Waals surface area contributed by atoms with Gasteiger partial charge in [0.25, 0.3) is 0 Å². The molecule has 0 saturated carbocycles. The van der Waals surface area contributed by atoms with Gasteiger partial charge in [-0.2, -0.15) is 17.5 Å². The highest BCUT2D eigenvalue weighted by atomic mass is 35.5. The maximum Gasteiger partial charge on any atom is 0.416 e. The van der Waals surface area contributed by atoms with Crippen molar-refractivity contribution in [1.29, 1.82) is 0 Å². The highest BCUT2D eigenvalue weighted by Gasteiger charge is 2.52. The van der Waals surface area contributed by atoms with Crippen molar-refractivity contribution in [2.45, 2.75) is 62.4 Å². The number of amides is 1. The van der Waals surface area contributed by atoms with Crippen molar-refractivity contribution < 1.29 is 26.4 Å². The number of nitrogens with zero attached hydrogens (tertiary/aromatic N) is 2. The number of sulfonamides is 1. The fourth-order valence-corrected chi connectivity index (χ4v) is 7.26. The molecule has 12 heteroatoms. The van der Waals surface area contributed by atoms with E-state index in [1.807, 2.05) is 13.8 Å². The number of alkyl halides is 3. The van der Waals surface area contributed by atoms with Gasteiger partial charge < -0.3 is 4.90 Å². The molecule has 0 radical (unpaired) electrons. The molecule has 2 saturated heterocycles. The van der Waals surface area contributed by atoms with E-state index in [2.05, 4.69) is 5.32 Å². The van der Waals surface area contributed by atoms with E-state index in [1.54, 1.807) is 11.0 Å². The van der Waals surface area contributed by atoms with Crippen LogP contribution in [0.5, 0.6) is 0 Å². The van der Waals surface area contributed by atoms with Crippen molar-refractivity contribution in [3.05, 3.63) is 63.6 Å². The van der Waals surface area contributed by atoms with E-state index >= 15 is 0 Å². The fourth-order valence-electron chi connectivity index (χ4n) is 5.09. The van der Waals surface area contributed by atoms with E-state index in [4.69, 9.17) is 23.2 Å². The summed E-state index contributed by atoms with van der Waals surface area (Å²) in [6.07, 6.45) is -3.41. The summed E-state index contributed by atoms with van der Waals surface area (Å²) in [5, 5.41) is 3.49. The lowest BCUT2D eigenvalue weighted by Gasteiger charge is -2.44. The normalized spacial score (nSPS) is 20.8. The molecule has 1 unspecified atom stereocenters. The Morgan fingerprint density at radius 1 is 1.11 bits per heavy atom. The van der Waals surface area contributed by atoms with Crippen LogP contribution in [-0.4, -0.2) is 48.3 Å². The first kappa shape index (κ1) is 28.2. The second-order valence-corrected chi connectivity index (χ2v) is 12.6. The first-order valence-corrected chi connectivity index (χ1v) is 14.1. The summed E-state index contributed by atoms with van der Waals surface area (Å²) in [5.74, 6) is 0.0118. The summed E-state index contributed by atoms with van der Waals surface area (Å²) < 4.78 is 67.8. The monoisotopic (exact) mass is 577 g/mol. The number of halogens is 5. The zero-order chi connectivity index (χ0) is 27.2. The van der Waals surface area contributed by atoms with E-state index in [0.29, 0.717) is 12.0 Å². The Hall–Kier alpha value is -1.85. The number of carbonyl (C=O) groups is 1. The second kappa shape index (κ2) is 10.4. The molecule has 2 aliphatic heterocycles. The maximum absolute atomic E-state index is 13.5. The summed E-state index contributed by atoms with van der Waals surface area (Å²) >= 11 is 12.2. The van der Waals surface area contributed by atoms with Gasteiger partial charge in [-0.3, -0.25) is 10.1 Å². The molecule has 1 atom stereocenters. The third kappa shape index (κ3) is 5.63. The molecule has 1 N–H and O–H groups in total. The lowest BCUT2D eigenvalue weighted by atomic mass is 9.96. The topological polar surface area (TPSA) is 69.7 Å². The van der Waals surface area contributed by atoms with Crippen molar-refractivity contribution in [2.24, 2.45) is 5.92 Å². The van der Waals surface area contributed by atoms with Gasteiger partial charge in [0.2, 0.25) is 15.9 Å². The molecule has 37 heavy (non-hydrogen) atoms. The molecule has 0 aromatic heterocycles. The number of hydrogen-bond donors (Lipinski definition) is 1. The van der Waals surface area contributed by atoms with E-state index in [0.717, 1.165) is 12.1 Å². The molecular weight excluding hydrogens is 550 g/mol. The van der Waals surface area contributed by atoms with Crippen LogP contribution in [0, 0.1) is 5.92 Å². The van der Waals surface area contributed by atoms with E-state index in [-0.39, 0.29) is 59.2 Å². The quantitative estimate of drug-likeness (QED) is 0.489. The van der Waals surface area contributed by atoms with Crippen LogP contribution in [-0.2, 0) is 27.5 Å².